The fraction of sp³-hybridized carbons (Fsp3) is 0.190. The van der Waals surface area contributed by atoms with Crippen LogP contribution in [0.4, 0.5) is 0 Å². The number of halogens is 4. The summed E-state index contributed by atoms with van der Waals surface area (Å²) in [7, 11) is 0. The molecule has 0 aliphatic carbocycles. The van der Waals surface area contributed by atoms with E-state index in [2.05, 4.69) is 22.2 Å². The van der Waals surface area contributed by atoms with Gasteiger partial charge in [-0.15, -0.1) is 10.2 Å². The topological polar surface area (TPSA) is 56.7 Å². The highest BCUT2D eigenvalue weighted by molar-refractivity contribution is 6.37. The van der Waals surface area contributed by atoms with Crippen molar-refractivity contribution >= 4 is 46.4 Å². The maximum absolute atomic E-state index is 6.78. The predicted molar refractivity (Wildman–Crippen MR) is 121 cm³/mol. The second-order valence-corrected chi connectivity index (χ2v) is 8.44. The van der Waals surface area contributed by atoms with E-state index in [1.165, 1.54) is 0 Å². The zero-order chi connectivity index (χ0) is 21.4. The Hall–Kier alpha value is -2.05. The van der Waals surface area contributed by atoms with Crippen LogP contribution in [0, 0.1) is 0 Å². The zero-order valence-corrected chi connectivity index (χ0v) is 19.1. The Morgan fingerprint density at radius 2 is 1.67 bits per heavy atom. The molecule has 0 saturated heterocycles. The smallest absolute Gasteiger partial charge is 0.269 e. The maximum atomic E-state index is 6.78. The molecule has 2 aromatic carbocycles. The van der Waals surface area contributed by atoms with Gasteiger partial charge < -0.3 is 4.42 Å². The normalized spacial score (nSPS) is 12.3. The standard InChI is InChI=1S/C21H16Cl4N4O/c1-3-11(2)20-26-27-21(30-20)18-17(25)19(12-4-6-13(22)7-5-12)29(28-18)16-9-8-14(23)10-15(16)24/h4-11H,3H2,1-2H3. The van der Waals surface area contributed by atoms with Crippen molar-refractivity contribution in [1.82, 2.24) is 20.0 Å². The van der Waals surface area contributed by atoms with Crippen LogP contribution in [0.25, 0.3) is 28.5 Å². The van der Waals surface area contributed by atoms with Crippen LogP contribution in [-0.4, -0.2) is 20.0 Å². The number of rotatable bonds is 5. The van der Waals surface area contributed by atoms with Gasteiger partial charge in [-0.2, -0.15) is 5.10 Å². The third kappa shape index (κ3) is 3.95. The molecule has 0 saturated carbocycles. The van der Waals surface area contributed by atoms with E-state index in [0.29, 0.717) is 43.1 Å². The van der Waals surface area contributed by atoms with Gasteiger partial charge in [0.1, 0.15) is 5.02 Å². The van der Waals surface area contributed by atoms with Gasteiger partial charge in [-0.1, -0.05) is 72.4 Å². The van der Waals surface area contributed by atoms with Crippen molar-refractivity contribution in [3.63, 3.8) is 0 Å². The molecular formula is C21H16Cl4N4O. The van der Waals surface area contributed by atoms with Crippen molar-refractivity contribution in [3.05, 3.63) is 68.4 Å². The first kappa shape index (κ1) is 21.2. The summed E-state index contributed by atoms with van der Waals surface area (Å²) in [5.41, 5.74) is 2.40. The van der Waals surface area contributed by atoms with Crippen LogP contribution in [0.2, 0.25) is 20.1 Å². The van der Waals surface area contributed by atoms with Crippen molar-refractivity contribution in [1.29, 1.82) is 0 Å². The van der Waals surface area contributed by atoms with Crippen molar-refractivity contribution in [3.8, 4) is 28.5 Å². The average Bonchev–Trinajstić information content (AvgIpc) is 3.33. The molecule has 0 spiro atoms. The van der Waals surface area contributed by atoms with Gasteiger partial charge in [-0.3, -0.25) is 0 Å². The summed E-state index contributed by atoms with van der Waals surface area (Å²) >= 11 is 25.4. The lowest BCUT2D eigenvalue weighted by Crippen LogP contribution is -2.00. The van der Waals surface area contributed by atoms with E-state index in [0.717, 1.165) is 12.0 Å². The molecule has 2 heterocycles. The van der Waals surface area contributed by atoms with Gasteiger partial charge in [0.15, 0.2) is 5.69 Å². The van der Waals surface area contributed by atoms with E-state index in [9.17, 15) is 0 Å². The predicted octanol–water partition coefficient (Wildman–Crippen LogP) is 7.72. The highest BCUT2D eigenvalue weighted by atomic mass is 35.5. The SMILES string of the molecule is CCC(C)c1nnc(-c2nn(-c3ccc(Cl)cc3Cl)c(-c3ccc(Cl)cc3)c2Cl)o1. The van der Waals surface area contributed by atoms with Gasteiger partial charge in [0.25, 0.3) is 5.89 Å². The first-order valence-corrected chi connectivity index (χ1v) is 10.7. The minimum absolute atomic E-state index is 0.133. The Balaban J connectivity index is 1.93. The van der Waals surface area contributed by atoms with Crippen LogP contribution < -0.4 is 0 Å². The molecule has 30 heavy (non-hydrogen) atoms. The van der Waals surface area contributed by atoms with E-state index in [4.69, 9.17) is 50.8 Å². The molecule has 0 fully saturated rings. The molecule has 1 atom stereocenters. The molecule has 0 bridgehead atoms. The Labute approximate surface area is 193 Å². The van der Waals surface area contributed by atoms with Crippen molar-refractivity contribution in [2.75, 3.05) is 0 Å². The number of benzene rings is 2. The number of aromatic nitrogens is 4. The Morgan fingerprint density at radius 1 is 0.967 bits per heavy atom. The number of hydrogen-bond acceptors (Lipinski definition) is 4. The van der Waals surface area contributed by atoms with E-state index >= 15 is 0 Å². The van der Waals surface area contributed by atoms with E-state index < -0.39 is 0 Å². The van der Waals surface area contributed by atoms with Gasteiger partial charge >= 0.3 is 0 Å². The summed E-state index contributed by atoms with van der Waals surface area (Å²) in [5.74, 6) is 0.915. The first-order chi connectivity index (χ1) is 14.4. The van der Waals surface area contributed by atoms with Gasteiger partial charge in [0.2, 0.25) is 5.89 Å². The summed E-state index contributed by atoms with van der Waals surface area (Å²) in [6, 6.07) is 12.4. The van der Waals surface area contributed by atoms with Crippen molar-refractivity contribution < 1.29 is 4.42 Å². The Morgan fingerprint density at radius 3 is 2.33 bits per heavy atom. The highest BCUT2D eigenvalue weighted by Gasteiger charge is 2.25. The van der Waals surface area contributed by atoms with Gasteiger partial charge in [-0.05, 0) is 36.8 Å². The lowest BCUT2D eigenvalue weighted by Gasteiger charge is -2.10. The summed E-state index contributed by atoms with van der Waals surface area (Å²) in [6.07, 6.45) is 0.875. The summed E-state index contributed by atoms with van der Waals surface area (Å²) in [6.45, 7) is 4.07. The van der Waals surface area contributed by atoms with Crippen LogP contribution >= 0.6 is 46.4 Å². The summed E-state index contributed by atoms with van der Waals surface area (Å²) in [5, 5.41) is 14.9. The third-order valence-electron chi connectivity index (χ3n) is 4.76. The van der Waals surface area contributed by atoms with Crippen LogP contribution in [0.15, 0.2) is 46.9 Å². The van der Waals surface area contributed by atoms with Gasteiger partial charge in [0, 0.05) is 21.5 Å². The second kappa shape index (κ2) is 8.60. The minimum atomic E-state index is 0.133. The fourth-order valence-corrected chi connectivity index (χ4v) is 3.85. The summed E-state index contributed by atoms with van der Waals surface area (Å²) < 4.78 is 7.50. The zero-order valence-electron chi connectivity index (χ0n) is 16.0. The van der Waals surface area contributed by atoms with Gasteiger partial charge in [0.05, 0.1) is 16.4 Å². The largest absolute Gasteiger partial charge is 0.419 e. The molecule has 5 nitrogen and oxygen atoms in total. The molecule has 154 valence electrons. The highest BCUT2D eigenvalue weighted by Crippen LogP contribution is 2.39. The van der Waals surface area contributed by atoms with Crippen LogP contribution in [-0.2, 0) is 0 Å². The molecule has 0 amide bonds. The molecule has 0 radical (unpaired) electrons. The molecule has 0 aliphatic rings. The van der Waals surface area contributed by atoms with E-state index in [1.807, 2.05) is 19.1 Å². The Bertz CT molecular complexity index is 1200. The van der Waals surface area contributed by atoms with Crippen LogP contribution in [0.1, 0.15) is 32.1 Å². The molecule has 1 unspecified atom stereocenters. The molecule has 9 heteroatoms. The lowest BCUT2D eigenvalue weighted by atomic mass is 10.1. The fourth-order valence-electron chi connectivity index (χ4n) is 2.92. The molecular weight excluding hydrogens is 466 g/mol. The van der Waals surface area contributed by atoms with E-state index in [1.54, 1.807) is 35.0 Å². The number of nitrogens with zero attached hydrogens (tertiary/aromatic N) is 4. The molecule has 2 aromatic heterocycles. The average molecular weight is 482 g/mol. The van der Waals surface area contributed by atoms with Crippen LogP contribution in [0.5, 0.6) is 0 Å². The molecule has 4 rings (SSSR count). The van der Waals surface area contributed by atoms with Gasteiger partial charge in [-0.25, -0.2) is 4.68 Å². The number of hydrogen-bond donors (Lipinski definition) is 0. The lowest BCUT2D eigenvalue weighted by molar-refractivity contribution is 0.461. The quantitative estimate of drug-likeness (QED) is 0.292. The molecule has 0 aliphatic heterocycles. The minimum Gasteiger partial charge on any atom is -0.419 e. The summed E-state index contributed by atoms with van der Waals surface area (Å²) in [4.78, 5) is 0. The molecule has 4 aromatic rings. The van der Waals surface area contributed by atoms with Crippen LogP contribution in [0.3, 0.4) is 0 Å². The first-order valence-electron chi connectivity index (χ1n) is 9.22. The molecule has 0 N–H and O–H groups in total. The second-order valence-electron chi connectivity index (χ2n) is 6.78. The Kier molecular flexibility index (Phi) is 6.07. The van der Waals surface area contributed by atoms with Crippen molar-refractivity contribution in [2.45, 2.75) is 26.2 Å². The monoisotopic (exact) mass is 480 g/mol. The third-order valence-corrected chi connectivity index (χ3v) is 5.91. The maximum Gasteiger partial charge on any atom is 0.269 e. The van der Waals surface area contributed by atoms with E-state index in [-0.39, 0.29) is 11.8 Å². The van der Waals surface area contributed by atoms with Crippen molar-refractivity contribution in [2.24, 2.45) is 0 Å².